The second-order valence-electron chi connectivity index (χ2n) is 4.65. The van der Waals surface area contributed by atoms with Crippen LogP contribution in [0.25, 0.3) is 10.2 Å². The summed E-state index contributed by atoms with van der Waals surface area (Å²) in [5.74, 6) is -0.228. The molecule has 1 unspecified atom stereocenters. The number of aliphatic hydroxyl groups excluding tert-OH is 1. The van der Waals surface area contributed by atoms with Gasteiger partial charge in [-0.2, -0.15) is 0 Å². The van der Waals surface area contributed by atoms with Crippen LogP contribution in [0.15, 0.2) is 22.6 Å². The third-order valence-corrected chi connectivity index (χ3v) is 3.79. The monoisotopic (exact) mass is 295 g/mol. The number of hydrogen-bond acceptors (Lipinski definition) is 5. The molecule has 2 N–H and O–H groups in total. The molecule has 0 aliphatic rings. The third kappa shape index (κ3) is 3.43. The second kappa shape index (κ2) is 6.62. The van der Waals surface area contributed by atoms with Crippen LogP contribution in [0.4, 0.5) is 0 Å². The Morgan fingerprint density at radius 3 is 3.15 bits per heavy atom. The van der Waals surface area contributed by atoms with Crippen molar-refractivity contribution in [1.29, 1.82) is 0 Å². The number of hydrogen-bond donors (Lipinski definition) is 2. The summed E-state index contributed by atoms with van der Waals surface area (Å²) in [5, 5.41) is 13.9. The van der Waals surface area contributed by atoms with Gasteiger partial charge in [0.05, 0.1) is 11.7 Å². The summed E-state index contributed by atoms with van der Waals surface area (Å²) in [4.78, 5) is 28.8. The van der Waals surface area contributed by atoms with E-state index in [0.717, 1.165) is 0 Å². The van der Waals surface area contributed by atoms with Crippen LogP contribution in [0.2, 0.25) is 0 Å². The van der Waals surface area contributed by atoms with E-state index in [-0.39, 0.29) is 30.7 Å². The summed E-state index contributed by atoms with van der Waals surface area (Å²) < 4.78 is 1.31. The first-order valence-electron chi connectivity index (χ1n) is 6.44. The number of rotatable bonds is 6. The van der Waals surface area contributed by atoms with Crippen LogP contribution >= 0.6 is 11.3 Å². The Bertz CT molecular complexity index is 650. The van der Waals surface area contributed by atoms with Gasteiger partial charge in [0.2, 0.25) is 5.91 Å². The fourth-order valence-corrected chi connectivity index (χ4v) is 2.67. The van der Waals surface area contributed by atoms with Crippen molar-refractivity contribution in [3.05, 3.63) is 28.1 Å². The number of carbonyl (C=O) groups excluding carboxylic acids is 1. The normalized spacial score (nSPS) is 12.5. The molecule has 2 aromatic rings. The molecule has 6 nitrogen and oxygen atoms in total. The number of aromatic nitrogens is 2. The van der Waals surface area contributed by atoms with E-state index in [1.807, 2.05) is 6.92 Å². The van der Waals surface area contributed by atoms with Gasteiger partial charge < -0.3 is 10.4 Å². The van der Waals surface area contributed by atoms with Gasteiger partial charge >= 0.3 is 0 Å². The number of thiophene rings is 1. The fourth-order valence-electron chi connectivity index (χ4n) is 1.95. The molecule has 20 heavy (non-hydrogen) atoms. The number of carbonyl (C=O) groups is 1. The van der Waals surface area contributed by atoms with Crippen molar-refractivity contribution in [3.8, 4) is 0 Å². The predicted molar refractivity (Wildman–Crippen MR) is 77.8 cm³/mol. The average Bonchev–Trinajstić information content (AvgIpc) is 2.88. The van der Waals surface area contributed by atoms with Gasteiger partial charge in [-0.25, -0.2) is 4.98 Å². The van der Waals surface area contributed by atoms with E-state index < -0.39 is 0 Å². The maximum atomic E-state index is 12.1. The van der Waals surface area contributed by atoms with E-state index in [0.29, 0.717) is 23.1 Å². The summed E-state index contributed by atoms with van der Waals surface area (Å²) in [5.41, 5.74) is -0.200. The predicted octanol–water partition coefficient (Wildman–Crippen LogP) is 0.735. The van der Waals surface area contributed by atoms with Gasteiger partial charge in [-0.1, -0.05) is 0 Å². The lowest BCUT2D eigenvalue weighted by Crippen LogP contribution is -2.37. The molecule has 0 spiro atoms. The smallest absolute Gasteiger partial charge is 0.262 e. The van der Waals surface area contributed by atoms with E-state index in [9.17, 15) is 9.59 Å². The number of amides is 1. The molecule has 0 fully saturated rings. The van der Waals surface area contributed by atoms with Gasteiger partial charge in [0, 0.05) is 12.6 Å². The van der Waals surface area contributed by atoms with Crippen LogP contribution < -0.4 is 10.9 Å². The summed E-state index contributed by atoms with van der Waals surface area (Å²) in [6, 6.07) is 1.69. The summed E-state index contributed by atoms with van der Waals surface area (Å²) in [6.45, 7) is 1.94. The van der Waals surface area contributed by atoms with E-state index in [4.69, 9.17) is 5.11 Å². The van der Waals surface area contributed by atoms with Crippen molar-refractivity contribution >= 4 is 27.5 Å². The Kier molecular flexibility index (Phi) is 4.86. The minimum absolute atomic E-state index is 0.0248. The lowest BCUT2D eigenvalue weighted by molar-refractivity contribution is -0.122. The second-order valence-corrected chi connectivity index (χ2v) is 5.55. The lowest BCUT2D eigenvalue weighted by Gasteiger charge is -2.13. The SMILES string of the molecule is CC(CCCO)NC(=O)Cn1cnc2sccc2c1=O. The van der Waals surface area contributed by atoms with Crippen molar-refractivity contribution in [2.75, 3.05) is 6.61 Å². The third-order valence-electron chi connectivity index (χ3n) is 2.97. The van der Waals surface area contributed by atoms with Crippen molar-refractivity contribution in [1.82, 2.24) is 14.9 Å². The van der Waals surface area contributed by atoms with Crippen LogP contribution in [0, 0.1) is 0 Å². The highest BCUT2D eigenvalue weighted by Crippen LogP contribution is 2.13. The summed E-state index contributed by atoms with van der Waals surface area (Å²) in [6.07, 6.45) is 2.75. The molecule has 0 bridgehead atoms. The molecule has 0 saturated carbocycles. The molecule has 7 heteroatoms. The zero-order chi connectivity index (χ0) is 14.5. The molecule has 2 heterocycles. The van der Waals surface area contributed by atoms with Gasteiger partial charge in [-0.3, -0.25) is 14.2 Å². The molecule has 1 amide bonds. The highest BCUT2D eigenvalue weighted by molar-refractivity contribution is 7.16. The molecule has 2 rings (SSSR count). The summed E-state index contributed by atoms with van der Waals surface area (Å²) in [7, 11) is 0. The number of nitrogens with one attached hydrogen (secondary N) is 1. The first-order chi connectivity index (χ1) is 9.61. The number of nitrogens with zero attached hydrogens (tertiary/aromatic N) is 2. The van der Waals surface area contributed by atoms with Gasteiger partial charge in [-0.15, -0.1) is 11.3 Å². The Morgan fingerprint density at radius 1 is 1.60 bits per heavy atom. The average molecular weight is 295 g/mol. The zero-order valence-corrected chi connectivity index (χ0v) is 12.0. The highest BCUT2D eigenvalue weighted by atomic mass is 32.1. The molecular weight excluding hydrogens is 278 g/mol. The Balaban J connectivity index is 2.02. The van der Waals surface area contributed by atoms with Crippen LogP contribution in [-0.4, -0.2) is 33.2 Å². The molecule has 2 aromatic heterocycles. The number of fused-ring (bicyclic) bond motifs is 1. The highest BCUT2D eigenvalue weighted by Gasteiger charge is 2.10. The van der Waals surface area contributed by atoms with Crippen LogP contribution in [-0.2, 0) is 11.3 Å². The fraction of sp³-hybridized carbons (Fsp3) is 0.462. The maximum Gasteiger partial charge on any atom is 0.262 e. The van der Waals surface area contributed by atoms with Gasteiger partial charge in [-0.05, 0) is 31.2 Å². The molecule has 1 atom stereocenters. The molecular formula is C13H17N3O3S. The van der Waals surface area contributed by atoms with Gasteiger partial charge in [0.25, 0.3) is 5.56 Å². The first kappa shape index (κ1) is 14.7. The standard InChI is InChI=1S/C13H17N3O3S/c1-9(3-2-5-17)15-11(18)7-16-8-14-12-10(13(16)19)4-6-20-12/h4,6,8-9,17H,2-3,5,7H2,1H3,(H,15,18). The topological polar surface area (TPSA) is 84.2 Å². The largest absolute Gasteiger partial charge is 0.396 e. The Labute approximate surface area is 120 Å². The zero-order valence-electron chi connectivity index (χ0n) is 11.2. The Morgan fingerprint density at radius 2 is 2.40 bits per heavy atom. The van der Waals surface area contributed by atoms with E-state index in [1.165, 1.54) is 22.2 Å². The number of aliphatic hydroxyl groups is 1. The molecule has 0 aromatic carbocycles. The quantitative estimate of drug-likeness (QED) is 0.823. The van der Waals surface area contributed by atoms with Gasteiger partial charge in [0.1, 0.15) is 11.4 Å². The van der Waals surface area contributed by atoms with E-state index >= 15 is 0 Å². The van der Waals surface area contributed by atoms with Gasteiger partial charge in [0.15, 0.2) is 0 Å². The molecule has 0 aliphatic heterocycles. The van der Waals surface area contributed by atoms with Crippen molar-refractivity contribution in [2.24, 2.45) is 0 Å². The molecule has 0 radical (unpaired) electrons. The van der Waals surface area contributed by atoms with Crippen molar-refractivity contribution < 1.29 is 9.90 Å². The maximum absolute atomic E-state index is 12.1. The summed E-state index contributed by atoms with van der Waals surface area (Å²) >= 11 is 1.40. The van der Waals surface area contributed by atoms with Crippen LogP contribution in [0.1, 0.15) is 19.8 Å². The molecule has 0 aliphatic carbocycles. The minimum Gasteiger partial charge on any atom is -0.396 e. The molecule has 0 saturated heterocycles. The van der Waals surface area contributed by atoms with Crippen molar-refractivity contribution in [2.45, 2.75) is 32.4 Å². The van der Waals surface area contributed by atoms with Crippen LogP contribution in [0.5, 0.6) is 0 Å². The van der Waals surface area contributed by atoms with E-state index in [2.05, 4.69) is 10.3 Å². The minimum atomic E-state index is -0.228. The Hall–Kier alpha value is -1.73. The van der Waals surface area contributed by atoms with Crippen LogP contribution in [0.3, 0.4) is 0 Å². The van der Waals surface area contributed by atoms with Crippen molar-refractivity contribution in [3.63, 3.8) is 0 Å². The molecule has 108 valence electrons. The first-order valence-corrected chi connectivity index (χ1v) is 7.32. The van der Waals surface area contributed by atoms with E-state index in [1.54, 1.807) is 11.4 Å². The lowest BCUT2D eigenvalue weighted by atomic mass is 10.2.